The average Bonchev–Trinajstić information content (AvgIpc) is 2.82. The van der Waals surface area contributed by atoms with Crippen LogP contribution in [-0.2, 0) is 16.0 Å². The molecule has 0 aliphatic heterocycles. The zero-order valence-electron chi connectivity index (χ0n) is 20.6. The van der Waals surface area contributed by atoms with Gasteiger partial charge >= 0.3 is 0 Å². The number of ketones is 2. The highest BCUT2D eigenvalue weighted by atomic mass is 16.3. The summed E-state index contributed by atoms with van der Waals surface area (Å²) < 4.78 is 0. The largest absolute Gasteiger partial charge is 0.510 e. The van der Waals surface area contributed by atoms with E-state index >= 15 is 0 Å². The van der Waals surface area contributed by atoms with Gasteiger partial charge in [0.1, 0.15) is 22.8 Å². The first-order valence-electron chi connectivity index (χ1n) is 12.0. The highest BCUT2D eigenvalue weighted by molar-refractivity contribution is 6.24. The fourth-order valence-corrected chi connectivity index (χ4v) is 6.25. The number of carbonyl (C=O) groups excluding carboxylic acids is 3. The summed E-state index contributed by atoms with van der Waals surface area (Å²) in [5.41, 5.74) is 4.99. The van der Waals surface area contributed by atoms with Gasteiger partial charge in [-0.3, -0.25) is 19.3 Å². The third-order valence-electron chi connectivity index (χ3n) is 7.97. The molecule has 2 aromatic carbocycles. The monoisotopic (exact) mass is 504 g/mol. The SMILES string of the molecule is Cc1ccc(-c2ccc(O)c3c2CC2CC4[C@H](N(C)C)C(O)=C(C(N)=O)C(=O)[C@@]4(O)C(O)=C2C3=O)cc1. The molecule has 0 saturated heterocycles. The smallest absolute Gasteiger partial charge is 0.255 e. The van der Waals surface area contributed by atoms with Crippen molar-refractivity contribution < 1.29 is 34.8 Å². The van der Waals surface area contributed by atoms with Gasteiger partial charge in [-0.2, -0.15) is 0 Å². The number of phenols is 1. The van der Waals surface area contributed by atoms with E-state index in [1.54, 1.807) is 20.2 Å². The van der Waals surface area contributed by atoms with Crippen LogP contribution in [0.5, 0.6) is 5.75 Å². The number of allylic oxidation sites excluding steroid dienone is 1. The molecule has 5 rings (SSSR count). The number of nitrogens with two attached hydrogens (primary N) is 1. The zero-order chi connectivity index (χ0) is 27.0. The van der Waals surface area contributed by atoms with E-state index in [4.69, 9.17) is 5.73 Å². The van der Waals surface area contributed by atoms with E-state index in [0.29, 0.717) is 5.56 Å². The molecule has 0 saturated carbocycles. The molecule has 9 nitrogen and oxygen atoms in total. The molecule has 3 aliphatic carbocycles. The molecule has 4 atom stereocenters. The van der Waals surface area contributed by atoms with Crippen LogP contribution in [0.25, 0.3) is 11.1 Å². The molecule has 3 aliphatic rings. The number of aliphatic hydroxyl groups is 3. The van der Waals surface area contributed by atoms with Crippen molar-refractivity contribution >= 4 is 17.5 Å². The Bertz CT molecular complexity index is 1440. The molecule has 6 N–H and O–H groups in total. The lowest BCUT2D eigenvalue weighted by Gasteiger charge is -2.50. The number of likely N-dealkylation sites (N-methyl/N-ethyl adjacent to an activating group) is 1. The maximum absolute atomic E-state index is 13.8. The van der Waals surface area contributed by atoms with Crippen LogP contribution in [0.3, 0.4) is 0 Å². The van der Waals surface area contributed by atoms with E-state index in [1.807, 2.05) is 31.2 Å². The van der Waals surface area contributed by atoms with Crippen LogP contribution in [-0.4, -0.2) is 68.5 Å². The number of aliphatic hydroxyl groups excluding tert-OH is 2. The Hall–Kier alpha value is -3.95. The predicted molar refractivity (Wildman–Crippen MR) is 134 cm³/mol. The van der Waals surface area contributed by atoms with Crippen LogP contribution < -0.4 is 5.73 Å². The molecule has 2 aromatic rings. The molecule has 37 heavy (non-hydrogen) atoms. The van der Waals surface area contributed by atoms with Crippen LogP contribution in [0.2, 0.25) is 0 Å². The third-order valence-corrected chi connectivity index (χ3v) is 7.97. The van der Waals surface area contributed by atoms with Crippen LogP contribution in [0.15, 0.2) is 59.1 Å². The fourth-order valence-electron chi connectivity index (χ4n) is 6.25. The number of hydrogen-bond donors (Lipinski definition) is 5. The molecule has 0 aromatic heterocycles. The number of primary amides is 1. The van der Waals surface area contributed by atoms with E-state index in [2.05, 4.69) is 0 Å². The van der Waals surface area contributed by atoms with Gasteiger partial charge < -0.3 is 26.2 Å². The molecule has 0 bridgehead atoms. The van der Waals surface area contributed by atoms with E-state index in [1.165, 1.54) is 11.0 Å². The van der Waals surface area contributed by atoms with Gasteiger partial charge in [0.05, 0.1) is 11.6 Å². The molecule has 2 unspecified atom stereocenters. The van der Waals surface area contributed by atoms with Crippen molar-refractivity contribution in [1.82, 2.24) is 4.90 Å². The van der Waals surface area contributed by atoms with Crippen LogP contribution in [0.1, 0.15) is 27.9 Å². The minimum absolute atomic E-state index is 0.00106. The second kappa shape index (κ2) is 8.29. The van der Waals surface area contributed by atoms with Crippen molar-refractivity contribution in [2.75, 3.05) is 14.1 Å². The van der Waals surface area contributed by atoms with E-state index in [0.717, 1.165) is 16.7 Å². The second-order valence-electron chi connectivity index (χ2n) is 10.3. The molecule has 0 heterocycles. The van der Waals surface area contributed by atoms with Crippen LogP contribution in [0.4, 0.5) is 0 Å². The van der Waals surface area contributed by atoms with Gasteiger partial charge in [-0.05, 0) is 62.5 Å². The summed E-state index contributed by atoms with van der Waals surface area (Å²) in [7, 11) is 3.20. The number of aryl methyl sites for hydroxylation is 1. The van der Waals surface area contributed by atoms with Crippen molar-refractivity contribution in [1.29, 1.82) is 0 Å². The Morgan fingerprint density at radius 2 is 1.70 bits per heavy atom. The lowest BCUT2D eigenvalue weighted by atomic mass is 9.58. The fraction of sp³-hybridized carbons (Fsp3) is 0.321. The Morgan fingerprint density at radius 1 is 1.05 bits per heavy atom. The van der Waals surface area contributed by atoms with Gasteiger partial charge in [0.2, 0.25) is 5.78 Å². The second-order valence-corrected chi connectivity index (χ2v) is 10.3. The average molecular weight is 505 g/mol. The van der Waals surface area contributed by atoms with Crippen molar-refractivity contribution in [3.05, 3.63) is 75.8 Å². The van der Waals surface area contributed by atoms with Gasteiger partial charge in [0.25, 0.3) is 5.91 Å². The molecule has 1 amide bonds. The van der Waals surface area contributed by atoms with Gasteiger partial charge in [0, 0.05) is 11.5 Å². The number of nitrogens with zero attached hydrogens (tertiary/aromatic N) is 1. The number of benzene rings is 2. The standard InChI is InChI=1S/C28H28N2O7/c1-12-4-6-13(7-5-12)15-8-9-18(31)20-16(15)10-14-11-17-22(30(2)3)24(33)21(27(29)36)26(35)28(17,37)25(34)19(14)23(20)32/h4-9,14,17,22,31,33-34,37H,10-11H2,1-3H3,(H2,29,36)/t14?,17?,22-,28-/m0/s1. The molecular weight excluding hydrogens is 476 g/mol. The molecular formula is C28H28N2O7. The first kappa shape index (κ1) is 24.7. The Balaban J connectivity index is 1.72. The number of fused-ring (bicyclic) bond motifs is 3. The summed E-state index contributed by atoms with van der Waals surface area (Å²) in [5.74, 6) is -6.60. The highest BCUT2D eigenvalue weighted by Gasteiger charge is 2.63. The van der Waals surface area contributed by atoms with Crippen LogP contribution >= 0.6 is 0 Å². The predicted octanol–water partition coefficient (Wildman–Crippen LogP) is 2.10. The van der Waals surface area contributed by atoms with Crippen molar-refractivity contribution in [2.24, 2.45) is 17.6 Å². The number of amides is 1. The number of Topliss-reactive ketones (excluding diaryl/α,β-unsaturated/α-hetero) is 2. The van der Waals surface area contributed by atoms with Gasteiger partial charge in [-0.15, -0.1) is 0 Å². The van der Waals surface area contributed by atoms with E-state index in [-0.39, 0.29) is 29.7 Å². The lowest BCUT2D eigenvalue weighted by Crippen LogP contribution is -2.63. The minimum atomic E-state index is -2.64. The minimum Gasteiger partial charge on any atom is -0.510 e. The summed E-state index contributed by atoms with van der Waals surface area (Å²) in [5, 5.41) is 44.5. The summed E-state index contributed by atoms with van der Waals surface area (Å²) >= 11 is 0. The summed E-state index contributed by atoms with van der Waals surface area (Å²) in [6.45, 7) is 1.96. The summed E-state index contributed by atoms with van der Waals surface area (Å²) in [4.78, 5) is 40.7. The van der Waals surface area contributed by atoms with Gasteiger partial charge in [-0.25, -0.2) is 0 Å². The molecule has 0 fully saturated rings. The highest BCUT2D eigenvalue weighted by Crippen LogP contribution is 2.53. The Labute approximate surface area is 213 Å². The maximum atomic E-state index is 13.8. The summed E-state index contributed by atoms with van der Waals surface area (Å²) in [6.07, 6.45) is 0.293. The van der Waals surface area contributed by atoms with E-state index < -0.39 is 58.0 Å². The maximum Gasteiger partial charge on any atom is 0.255 e. The first-order chi connectivity index (χ1) is 17.4. The zero-order valence-corrected chi connectivity index (χ0v) is 20.6. The molecule has 9 heteroatoms. The third kappa shape index (κ3) is 3.34. The topological polar surface area (TPSA) is 161 Å². The van der Waals surface area contributed by atoms with Gasteiger partial charge in [-0.1, -0.05) is 35.9 Å². The van der Waals surface area contributed by atoms with Gasteiger partial charge in [0.15, 0.2) is 11.4 Å². The lowest BCUT2D eigenvalue weighted by molar-refractivity contribution is -0.148. The quantitative estimate of drug-likeness (QED) is 0.397. The normalized spacial score (nSPS) is 27.2. The molecule has 0 radical (unpaired) electrons. The number of phenolic OH excluding ortho intramolecular Hbond substituents is 1. The van der Waals surface area contributed by atoms with E-state index in [9.17, 15) is 34.8 Å². The van der Waals surface area contributed by atoms with Crippen molar-refractivity contribution in [2.45, 2.75) is 31.4 Å². The first-order valence-corrected chi connectivity index (χ1v) is 12.0. The van der Waals surface area contributed by atoms with Crippen LogP contribution in [0, 0.1) is 18.8 Å². The van der Waals surface area contributed by atoms with Crippen molar-refractivity contribution in [3.8, 4) is 16.9 Å². The molecule has 192 valence electrons. The summed E-state index contributed by atoms with van der Waals surface area (Å²) in [6, 6.07) is 9.85. The molecule has 0 spiro atoms. The Kier molecular flexibility index (Phi) is 5.54. The Morgan fingerprint density at radius 3 is 2.30 bits per heavy atom. The number of carbonyl (C=O) groups is 3. The number of aromatic hydroxyl groups is 1. The number of rotatable bonds is 3. The van der Waals surface area contributed by atoms with Crippen molar-refractivity contribution in [3.63, 3.8) is 0 Å². The number of hydrogen-bond acceptors (Lipinski definition) is 8.